The summed E-state index contributed by atoms with van der Waals surface area (Å²) in [7, 11) is 0. The van der Waals surface area contributed by atoms with Gasteiger partial charge in [0.2, 0.25) is 0 Å². The number of amides is 1. The first-order chi connectivity index (χ1) is 14.4. The van der Waals surface area contributed by atoms with Gasteiger partial charge in [0.15, 0.2) is 5.13 Å². The number of nitrogens with zero attached hydrogens (tertiary/aromatic N) is 3. The second kappa shape index (κ2) is 8.16. The molecule has 0 saturated heterocycles. The first-order valence-electron chi connectivity index (χ1n) is 9.65. The minimum atomic E-state index is -0.222. The Morgan fingerprint density at radius 3 is 2.30 bits per heavy atom. The zero-order valence-corrected chi connectivity index (χ0v) is 18.2. The lowest BCUT2D eigenvalue weighted by Crippen LogP contribution is -2.12. The third-order valence-corrected chi connectivity index (χ3v) is 5.70. The quantitative estimate of drug-likeness (QED) is 0.461. The van der Waals surface area contributed by atoms with Gasteiger partial charge >= 0.3 is 0 Å². The zero-order chi connectivity index (χ0) is 21.3. The van der Waals surface area contributed by atoms with Gasteiger partial charge in [0.1, 0.15) is 0 Å². The van der Waals surface area contributed by atoms with Crippen LogP contribution < -0.4 is 5.32 Å². The lowest BCUT2D eigenvalue weighted by molar-refractivity contribution is 0.102. The number of thiazole rings is 1. The second-order valence-electron chi connectivity index (χ2n) is 7.40. The number of rotatable bonds is 4. The van der Waals surface area contributed by atoms with Crippen LogP contribution in [0.25, 0.3) is 21.7 Å². The molecule has 0 fully saturated rings. The van der Waals surface area contributed by atoms with Crippen LogP contribution in [-0.4, -0.2) is 20.9 Å². The van der Waals surface area contributed by atoms with Crippen LogP contribution in [0.1, 0.15) is 32.9 Å². The maximum atomic E-state index is 12.7. The summed E-state index contributed by atoms with van der Waals surface area (Å²) in [4.78, 5) is 27.0. The van der Waals surface area contributed by atoms with Crippen molar-refractivity contribution >= 4 is 22.4 Å². The van der Waals surface area contributed by atoms with Crippen LogP contribution in [0, 0.1) is 27.7 Å². The smallest absolute Gasteiger partial charge is 0.259 e. The van der Waals surface area contributed by atoms with Gasteiger partial charge < -0.3 is 0 Å². The van der Waals surface area contributed by atoms with Gasteiger partial charge in [-0.25, -0.2) is 4.98 Å². The lowest BCUT2D eigenvalue weighted by Gasteiger charge is -2.06. The van der Waals surface area contributed by atoms with Crippen molar-refractivity contribution in [1.82, 2.24) is 15.0 Å². The topological polar surface area (TPSA) is 67.8 Å². The molecular formula is C24H22N4OS. The van der Waals surface area contributed by atoms with Gasteiger partial charge in [0, 0.05) is 29.3 Å². The summed E-state index contributed by atoms with van der Waals surface area (Å²) in [5, 5.41) is 3.49. The molecule has 0 spiro atoms. The van der Waals surface area contributed by atoms with Gasteiger partial charge in [-0.3, -0.25) is 20.1 Å². The fourth-order valence-electron chi connectivity index (χ4n) is 3.33. The van der Waals surface area contributed by atoms with Gasteiger partial charge in [-0.2, -0.15) is 0 Å². The molecule has 0 saturated carbocycles. The minimum absolute atomic E-state index is 0.222. The Morgan fingerprint density at radius 2 is 1.63 bits per heavy atom. The molecule has 0 aliphatic carbocycles. The van der Waals surface area contributed by atoms with E-state index in [-0.39, 0.29) is 5.91 Å². The number of aryl methyl sites for hydroxylation is 4. The van der Waals surface area contributed by atoms with Gasteiger partial charge in [-0.1, -0.05) is 28.5 Å². The number of nitrogens with one attached hydrogen (secondary N) is 1. The zero-order valence-electron chi connectivity index (χ0n) is 17.4. The van der Waals surface area contributed by atoms with E-state index in [4.69, 9.17) is 4.98 Å². The molecule has 0 aliphatic rings. The van der Waals surface area contributed by atoms with Gasteiger partial charge in [0.05, 0.1) is 16.1 Å². The average Bonchev–Trinajstić information content (AvgIpc) is 3.11. The van der Waals surface area contributed by atoms with E-state index in [1.807, 2.05) is 32.0 Å². The predicted molar refractivity (Wildman–Crippen MR) is 122 cm³/mol. The first kappa shape index (κ1) is 19.9. The molecule has 4 rings (SSSR count). The Bertz CT molecular complexity index is 1210. The Labute approximate surface area is 179 Å². The van der Waals surface area contributed by atoms with Crippen LogP contribution in [0.2, 0.25) is 0 Å². The summed E-state index contributed by atoms with van der Waals surface area (Å²) in [5.41, 5.74) is 7.58. The van der Waals surface area contributed by atoms with Crippen molar-refractivity contribution in [2.75, 3.05) is 5.32 Å². The SMILES string of the molecule is Cc1cc(C)cc(-c2nc(NC(=O)c3ccc(C)nc3)sc2-c2ccnc(C)c2)c1. The van der Waals surface area contributed by atoms with Gasteiger partial charge in [0.25, 0.3) is 5.91 Å². The van der Waals surface area contributed by atoms with E-state index in [2.05, 4.69) is 47.3 Å². The molecule has 1 N–H and O–H groups in total. The van der Waals surface area contributed by atoms with E-state index in [1.165, 1.54) is 22.5 Å². The highest BCUT2D eigenvalue weighted by Gasteiger charge is 2.18. The second-order valence-corrected chi connectivity index (χ2v) is 8.40. The average molecular weight is 415 g/mol. The minimum Gasteiger partial charge on any atom is -0.298 e. The third kappa shape index (κ3) is 4.28. The monoisotopic (exact) mass is 414 g/mol. The third-order valence-electron chi connectivity index (χ3n) is 4.68. The van der Waals surface area contributed by atoms with E-state index < -0.39 is 0 Å². The molecule has 5 nitrogen and oxygen atoms in total. The van der Waals surface area contributed by atoms with Crippen molar-refractivity contribution < 1.29 is 4.79 Å². The van der Waals surface area contributed by atoms with Crippen LogP contribution in [0.5, 0.6) is 0 Å². The Kier molecular flexibility index (Phi) is 5.42. The summed E-state index contributed by atoms with van der Waals surface area (Å²) >= 11 is 1.46. The highest BCUT2D eigenvalue weighted by Crippen LogP contribution is 2.39. The molecule has 3 heterocycles. The number of hydrogen-bond donors (Lipinski definition) is 1. The summed E-state index contributed by atoms with van der Waals surface area (Å²) in [6, 6.07) is 14.0. The number of carbonyl (C=O) groups excluding carboxylic acids is 1. The molecule has 6 heteroatoms. The first-order valence-corrected chi connectivity index (χ1v) is 10.5. The maximum absolute atomic E-state index is 12.7. The van der Waals surface area contributed by atoms with Crippen molar-refractivity contribution in [3.05, 3.63) is 82.9 Å². The fourth-order valence-corrected chi connectivity index (χ4v) is 4.31. The number of carbonyl (C=O) groups is 1. The summed E-state index contributed by atoms with van der Waals surface area (Å²) < 4.78 is 0. The molecule has 1 amide bonds. The van der Waals surface area contributed by atoms with Crippen molar-refractivity contribution in [2.45, 2.75) is 27.7 Å². The van der Waals surface area contributed by atoms with Crippen molar-refractivity contribution in [2.24, 2.45) is 0 Å². The predicted octanol–water partition coefficient (Wildman–Crippen LogP) is 5.75. The molecule has 0 atom stereocenters. The number of anilines is 1. The summed E-state index contributed by atoms with van der Waals surface area (Å²) in [6.45, 7) is 8.01. The maximum Gasteiger partial charge on any atom is 0.259 e. The Balaban J connectivity index is 1.77. The largest absolute Gasteiger partial charge is 0.298 e. The van der Waals surface area contributed by atoms with Crippen molar-refractivity contribution in [3.63, 3.8) is 0 Å². The summed E-state index contributed by atoms with van der Waals surface area (Å²) in [6.07, 6.45) is 3.38. The molecule has 30 heavy (non-hydrogen) atoms. The molecule has 3 aromatic heterocycles. The molecular weight excluding hydrogens is 392 g/mol. The van der Waals surface area contributed by atoms with E-state index in [1.54, 1.807) is 18.5 Å². The van der Waals surface area contributed by atoms with E-state index in [9.17, 15) is 4.79 Å². The lowest BCUT2D eigenvalue weighted by atomic mass is 10.0. The van der Waals surface area contributed by atoms with E-state index >= 15 is 0 Å². The standard InChI is InChI=1S/C24H22N4OS/c1-14-9-15(2)11-20(10-14)21-22(18-7-8-25-17(4)12-18)30-24(27-21)28-23(29)19-6-5-16(3)26-13-19/h5-13H,1-4H3,(H,27,28,29). The normalized spacial score (nSPS) is 10.8. The molecule has 0 bridgehead atoms. The van der Waals surface area contributed by atoms with Gasteiger partial charge in [-0.05, 0) is 69.7 Å². The molecule has 1 aromatic carbocycles. The molecule has 0 radical (unpaired) electrons. The van der Waals surface area contributed by atoms with Crippen LogP contribution in [0.3, 0.4) is 0 Å². The van der Waals surface area contributed by atoms with E-state index in [0.29, 0.717) is 10.7 Å². The summed E-state index contributed by atoms with van der Waals surface area (Å²) in [5.74, 6) is -0.222. The Hall–Kier alpha value is -3.38. The molecule has 0 aliphatic heterocycles. The number of aromatic nitrogens is 3. The van der Waals surface area contributed by atoms with Crippen LogP contribution in [0.15, 0.2) is 54.9 Å². The molecule has 4 aromatic rings. The number of pyridine rings is 2. The van der Waals surface area contributed by atoms with Crippen LogP contribution in [0.4, 0.5) is 5.13 Å². The molecule has 0 unspecified atom stereocenters. The number of hydrogen-bond acceptors (Lipinski definition) is 5. The van der Waals surface area contributed by atoms with Crippen LogP contribution in [-0.2, 0) is 0 Å². The van der Waals surface area contributed by atoms with Crippen LogP contribution >= 0.6 is 11.3 Å². The number of benzene rings is 1. The Morgan fingerprint density at radius 1 is 0.867 bits per heavy atom. The van der Waals surface area contributed by atoms with Crippen molar-refractivity contribution in [1.29, 1.82) is 0 Å². The van der Waals surface area contributed by atoms with Gasteiger partial charge in [-0.15, -0.1) is 0 Å². The highest BCUT2D eigenvalue weighted by molar-refractivity contribution is 7.19. The highest BCUT2D eigenvalue weighted by atomic mass is 32.1. The van der Waals surface area contributed by atoms with Crippen molar-refractivity contribution in [3.8, 4) is 21.7 Å². The fraction of sp³-hybridized carbons (Fsp3) is 0.167. The molecule has 150 valence electrons. The van der Waals surface area contributed by atoms with E-state index in [0.717, 1.165) is 33.1 Å².